The maximum Gasteiger partial charge on any atom is 0.167 e. The molecule has 0 amide bonds. The summed E-state index contributed by atoms with van der Waals surface area (Å²) >= 11 is 0. The molecule has 2 aromatic heterocycles. The van der Waals surface area contributed by atoms with Crippen molar-refractivity contribution in [3.63, 3.8) is 0 Å². The summed E-state index contributed by atoms with van der Waals surface area (Å²) < 4.78 is 7.47. The summed E-state index contributed by atoms with van der Waals surface area (Å²) in [4.78, 5) is 12.2. The lowest BCUT2D eigenvalue weighted by molar-refractivity contribution is -0.0334. The summed E-state index contributed by atoms with van der Waals surface area (Å²) in [5.41, 5.74) is 6.84. The monoisotopic (exact) mass is 265 g/mol. The van der Waals surface area contributed by atoms with E-state index in [9.17, 15) is 10.2 Å². The summed E-state index contributed by atoms with van der Waals surface area (Å²) in [6, 6.07) is 0. The van der Waals surface area contributed by atoms with E-state index in [0.29, 0.717) is 23.4 Å². The molecular formula is C11H15N5O3. The molecule has 102 valence electrons. The maximum atomic E-state index is 9.28. The van der Waals surface area contributed by atoms with E-state index >= 15 is 0 Å². The Balaban J connectivity index is 1.95. The number of aromatic nitrogens is 4. The highest BCUT2D eigenvalue weighted by atomic mass is 16.5. The molecule has 0 spiro atoms. The number of nitrogens with zero attached hydrogens (tertiary/aromatic N) is 4. The molecule has 3 rings (SSSR count). The topological polar surface area (TPSA) is 119 Å². The van der Waals surface area contributed by atoms with Gasteiger partial charge in [0.15, 0.2) is 11.5 Å². The lowest BCUT2D eigenvalue weighted by Gasteiger charge is -2.14. The number of aliphatic hydroxyl groups is 2. The Labute approximate surface area is 108 Å². The van der Waals surface area contributed by atoms with Crippen LogP contribution in [0.2, 0.25) is 0 Å². The largest absolute Gasteiger partial charge is 0.396 e. The number of nitrogens with two attached hydrogens (primary N) is 1. The molecule has 0 bridgehead atoms. The first kappa shape index (κ1) is 12.3. The van der Waals surface area contributed by atoms with Gasteiger partial charge in [0.25, 0.3) is 0 Å². The van der Waals surface area contributed by atoms with Crippen LogP contribution in [0.5, 0.6) is 0 Å². The first-order valence-corrected chi connectivity index (χ1v) is 6.04. The van der Waals surface area contributed by atoms with Crippen LogP contribution in [0.4, 0.5) is 5.82 Å². The van der Waals surface area contributed by atoms with Gasteiger partial charge in [-0.1, -0.05) is 0 Å². The molecular weight excluding hydrogens is 250 g/mol. The van der Waals surface area contributed by atoms with Crippen LogP contribution in [0.3, 0.4) is 0 Å². The molecule has 0 aromatic carbocycles. The molecule has 1 saturated heterocycles. The second-order valence-electron chi connectivity index (χ2n) is 4.57. The quantitative estimate of drug-likeness (QED) is 0.671. The minimum absolute atomic E-state index is 0.0223. The van der Waals surface area contributed by atoms with Crippen molar-refractivity contribution in [2.75, 3.05) is 18.9 Å². The molecule has 0 saturated carbocycles. The van der Waals surface area contributed by atoms with Crippen LogP contribution in [0.25, 0.3) is 11.2 Å². The first-order valence-electron chi connectivity index (χ1n) is 6.04. The van der Waals surface area contributed by atoms with E-state index in [0.717, 1.165) is 0 Å². The summed E-state index contributed by atoms with van der Waals surface area (Å²) in [6.45, 7) is -0.142. The summed E-state index contributed by atoms with van der Waals surface area (Å²) in [6.07, 6.45) is 2.88. The molecule has 8 heteroatoms. The van der Waals surface area contributed by atoms with Crippen molar-refractivity contribution >= 4 is 17.0 Å². The van der Waals surface area contributed by atoms with E-state index in [4.69, 9.17) is 10.5 Å². The summed E-state index contributed by atoms with van der Waals surface area (Å²) in [5, 5.41) is 18.5. The third-order valence-electron chi connectivity index (χ3n) is 3.47. The average molecular weight is 265 g/mol. The lowest BCUT2D eigenvalue weighted by Crippen LogP contribution is -2.23. The Morgan fingerprint density at radius 2 is 2.16 bits per heavy atom. The van der Waals surface area contributed by atoms with Gasteiger partial charge >= 0.3 is 0 Å². The predicted molar refractivity (Wildman–Crippen MR) is 65.9 cm³/mol. The van der Waals surface area contributed by atoms with Gasteiger partial charge in [-0.3, -0.25) is 4.57 Å². The van der Waals surface area contributed by atoms with E-state index in [2.05, 4.69) is 15.0 Å². The molecule has 0 aliphatic carbocycles. The van der Waals surface area contributed by atoms with E-state index in [1.807, 2.05) is 0 Å². The normalized spacial score (nSPS) is 27.2. The van der Waals surface area contributed by atoms with Crippen molar-refractivity contribution in [2.24, 2.45) is 5.92 Å². The Kier molecular flexibility index (Phi) is 3.05. The zero-order valence-corrected chi connectivity index (χ0v) is 10.2. The number of hydrogen-bond donors (Lipinski definition) is 3. The number of anilines is 1. The lowest BCUT2D eigenvalue weighted by atomic mass is 10.0. The second kappa shape index (κ2) is 4.72. The van der Waals surface area contributed by atoms with Gasteiger partial charge in [0.2, 0.25) is 0 Å². The standard InChI is InChI=1S/C11H15N5O3/c12-10-9-11(14-4-13-10)16(5-15-9)8-1-6(2-17)7(3-18)19-8/h4-8,17-18H,1-3H2,(H2,12,13,14)/t6-,7-,8+/m1/s1. The Hall–Kier alpha value is -1.77. The molecule has 1 aliphatic heterocycles. The fourth-order valence-electron chi connectivity index (χ4n) is 2.42. The van der Waals surface area contributed by atoms with Crippen molar-refractivity contribution in [2.45, 2.75) is 18.8 Å². The highest BCUT2D eigenvalue weighted by molar-refractivity contribution is 5.81. The maximum absolute atomic E-state index is 9.28. The molecule has 4 N–H and O–H groups in total. The number of fused-ring (bicyclic) bond motifs is 1. The van der Waals surface area contributed by atoms with Gasteiger partial charge in [-0.25, -0.2) is 15.0 Å². The Bertz CT molecular complexity index is 575. The molecule has 19 heavy (non-hydrogen) atoms. The zero-order chi connectivity index (χ0) is 13.4. The van der Waals surface area contributed by atoms with E-state index < -0.39 is 0 Å². The number of aliphatic hydroxyl groups excluding tert-OH is 2. The van der Waals surface area contributed by atoms with Gasteiger partial charge in [0.1, 0.15) is 18.1 Å². The Morgan fingerprint density at radius 1 is 1.32 bits per heavy atom. The Morgan fingerprint density at radius 3 is 2.84 bits per heavy atom. The summed E-state index contributed by atoms with van der Waals surface area (Å²) in [5.74, 6) is 0.228. The average Bonchev–Trinajstić information content (AvgIpc) is 3.02. The van der Waals surface area contributed by atoms with Gasteiger partial charge in [-0.15, -0.1) is 0 Å². The second-order valence-corrected chi connectivity index (χ2v) is 4.57. The van der Waals surface area contributed by atoms with E-state index in [1.54, 1.807) is 10.9 Å². The minimum atomic E-state index is -0.369. The van der Waals surface area contributed by atoms with Crippen LogP contribution in [-0.4, -0.2) is 49.0 Å². The summed E-state index contributed by atoms with van der Waals surface area (Å²) in [7, 11) is 0. The van der Waals surface area contributed by atoms with Gasteiger partial charge in [-0.05, 0) is 0 Å². The highest BCUT2D eigenvalue weighted by Crippen LogP contribution is 2.34. The number of ether oxygens (including phenoxy) is 1. The molecule has 3 atom stereocenters. The van der Waals surface area contributed by atoms with Crippen LogP contribution >= 0.6 is 0 Å². The van der Waals surface area contributed by atoms with Crippen LogP contribution in [-0.2, 0) is 4.74 Å². The molecule has 1 aliphatic rings. The smallest absolute Gasteiger partial charge is 0.167 e. The van der Waals surface area contributed by atoms with Gasteiger partial charge in [0.05, 0.1) is 19.0 Å². The minimum Gasteiger partial charge on any atom is -0.396 e. The molecule has 2 aromatic rings. The molecule has 0 radical (unpaired) electrons. The van der Waals surface area contributed by atoms with Gasteiger partial charge in [0, 0.05) is 18.9 Å². The third-order valence-corrected chi connectivity index (χ3v) is 3.47. The van der Waals surface area contributed by atoms with Crippen molar-refractivity contribution in [3.8, 4) is 0 Å². The fraction of sp³-hybridized carbons (Fsp3) is 0.545. The van der Waals surface area contributed by atoms with Gasteiger partial charge in [-0.2, -0.15) is 0 Å². The number of nitrogen functional groups attached to an aromatic ring is 1. The van der Waals surface area contributed by atoms with Crippen molar-refractivity contribution < 1.29 is 14.9 Å². The van der Waals surface area contributed by atoms with Crippen molar-refractivity contribution in [1.82, 2.24) is 19.5 Å². The highest BCUT2D eigenvalue weighted by Gasteiger charge is 2.36. The third kappa shape index (κ3) is 1.93. The SMILES string of the molecule is Nc1ncnc2c1ncn2[C@@H]1C[C@H](CO)[C@@H](CO)O1. The van der Waals surface area contributed by atoms with Crippen molar-refractivity contribution in [1.29, 1.82) is 0 Å². The van der Waals surface area contributed by atoms with E-state index in [1.165, 1.54) is 6.33 Å². The predicted octanol–water partition coefficient (Wildman–Crippen LogP) is -0.703. The van der Waals surface area contributed by atoms with Crippen LogP contribution in [0.15, 0.2) is 12.7 Å². The van der Waals surface area contributed by atoms with Crippen molar-refractivity contribution in [3.05, 3.63) is 12.7 Å². The molecule has 8 nitrogen and oxygen atoms in total. The van der Waals surface area contributed by atoms with Crippen LogP contribution in [0.1, 0.15) is 12.6 Å². The number of imidazole rings is 1. The van der Waals surface area contributed by atoms with Gasteiger partial charge < -0.3 is 20.7 Å². The van der Waals surface area contributed by atoms with E-state index in [-0.39, 0.29) is 31.5 Å². The fourth-order valence-corrected chi connectivity index (χ4v) is 2.42. The zero-order valence-electron chi connectivity index (χ0n) is 10.2. The number of rotatable bonds is 3. The van der Waals surface area contributed by atoms with Crippen LogP contribution < -0.4 is 5.73 Å². The molecule has 1 fully saturated rings. The van der Waals surface area contributed by atoms with Crippen LogP contribution in [0, 0.1) is 5.92 Å². The molecule has 3 heterocycles. The molecule has 0 unspecified atom stereocenters. The number of hydrogen-bond acceptors (Lipinski definition) is 7. The first-order chi connectivity index (χ1) is 9.24.